The van der Waals surface area contributed by atoms with E-state index in [1.807, 2.05) is 0 Å². The van der Waals surface area contributed by atoms with Crippen molar-refractivity contribution in [2.75, 3.05) is 24.2 Å². The molecule has 1 heterocycles. The van der Waals surface area contributed by atoms with Crippen LogP contribution in [0.1, 0.15) is 19.3 Å². The Labute approximate surface area is 128 Å². The van der Waals surface area contributed by atoms with E-state index in [4.69, 9.17) is 11.6 Å². The molecule has 1 aromatic heterocycles. The van der Waals surface area contributed by atoms with Gasteiger partial charge in [-0.3, -0.25) is 4.79 Å². The number of hydrogen-bond acceptors (Lipinski definition) is 5. The first-order valence-electron chi connectivity index (χ1n) is 6.82. The average molecular weight is 335 g/mol. The zero-order chi connectivity index (χ0) is 15.5. The first kappa shape index (κ1) is 16.3. The Morgan fingerprint density at radius 2 is 2.19 bits per heavy atom. The van der Waals surface area contributed by atoms with E-state index in [0.717, 1.165) is 17.5 Å². The van der Waals surface area contributed by atoms with E-state index in [2.05, 4.69) is 15.1 Å². The van der Waals surface area contributed by atoms with E-state index in [1.54, 1.807) is 0 Å². The highest BCUT2D eigenvalue weighted by Crippen LogP contribution is 2.25. The quantitative estimate of drug-likeness (QED) is 0.760. The summed E-state index contributed by atoms with van der Waals surface area (Å²) in [5, 5.41) is 6.66. The van der Waals surface area contributed by atoms with E-state index < -0.39 is 15.6 Å². The van der Waals surface area contributed by atoms with Gasteiger partial charge in [-0.15, -0.1) is 0 Å². The normalized spacial score (nSPS) is 15.7. The minimum atomic E-state index is -3.31. The van der Waals surface area contributed by atoms with Gasteiger partial charge in [0.15, 0.2) is 0 Å². The molecule has 2 rings (SSSR count). The second kappa shape index (κ2) is 6.76. The second-order valence-electron chi connectivity index (χ2n) is 5.19. The summed E-state index contributed by atoms with van der Waals surface area (Å²) in [4.78, 5) is 11.6. The molecular weight excluding hydrogens is 316 g/mol. The van der Waals surface area contributed by atoms with Gasteiger partial charge in [-0.1, -0.05) is 18.0 Å². The molecule has 0 atom stereocenters. The number of halogens is 1. The fourth-order valence-corrected chi connectivity index (χ4v) is 3.21. The van der Waals surface area contributed by atoms with Crippen molar-refractivity contribution < 1.29 is 8.42 Å². The molecule has 7 nitrogen and oxygen atoms in total. The van der Waals surface area contributed by atoms with Gasteiger partial charge in [0.25, 0.3) is 5.56 Å². The third kappa shape index (κ3) is 4.42. The smallest absolute Gasteiger partial charge is 0.287 e. The molecule has 0 radical (unpaired) electrons. The number of aryl methyl sites for hydroxylation is 1. The largest absolute Gasteiger partial charge is 0.381 e. The summed E-state index contributed by atoms with van der Waals surface area (Å²) < 4.78 is 27.3. The van der Waals surface area contributed by atoms with Gasteiger partial charge in [0.05, 0.1) is 17.6 Å². The lowest BCUT2D eigenvalue weighted by atomic mass is 9.86. The van der Waals surface area contributed by atoms with Crippen molar-refractivity contribution in [3.63, 3.8) is 0 Å². The van der Waals surface area contributed by atoms with Gasteiger partial charge in [0.1, 0.15) is 5.02 Å². The Morgan fingerprint density at radius 1 is 1.48 bits per heavy atom. The Hall–Kier alpha value is -1.12. The summed E-state index contributed by atoms with van der Waals surface area (Å²) in [5.41, 5.74) is -0.0819. The number of rotatable bonds is 7. The highest BCUT2D eigenvalue weighted by molar-refractivity contribution is 7.89. The lowest BCUT2D eigenvalue weighted by Crippen LogP contribution is -2.35. The lowest BCUT2D eigenvalue weighted by molar-refractivity contribution is 0.316. The van der Waals surface area contributed by atoms with Gasteiger partial charge in [-0.05, 0) is 18.8 Å². The fraction of sp³-hybridized carbons (Fsp3) is 0.667. The Kier molecular flexibility index (Phi) is 5.23. The summed E-state index contributed by atoms with van der Waals surface area (Å²) >= 11 is 5.88. The van der Waals surface area contributed by atoms with Gasteiger partial charge in [-0.25, -0.2) is 17.8 Å². The molecular formula is C12H19ClN4O3S. The summed E-state index contributed by atoms with van der Waals surface area (Å²) in [6, 6.07) is 0. The number of aromatic nitrogens is 2. The highest BCUT2D eigenvalue weighted by Gasteiger charge is 2.20. The molecule has 0 saturated heterocycles. The van der Waals surface area contributed by atoms with Crippen LogP contribution in [-0.2, 0) is 17.1 Å². The summed E-state index contributed by atoms with van der Waals surface area (Å²) in [5.74, 6) is 0.397. The predicted molar refractivity (Wildman–Crippen MR) is 82.1 cm³/mol. The number of anilines is 1. The monoisotopic (exact) mass is 334 g/mol. The molecule has 0 aromatic carbocycles. The molecule has 0 unspecified atom stereocenters. The molecule has 9 heteroatoms. The standard InChI is InChI=1S/C12H19ClN4O3S/c1-17-12(18)11(13)10(8-15-17)14-5-6-21(19,20)16-7-9-3-2-4-9/h8-9,14,16H,2-7H2,1H3. The van der Waals surface area contributed by atoms with Gasteiger partial charge in [0, 0.05) is 20.1 Å². The maximum Gasteiger partial charge on any atom is 0.287 e. The zero-order valence-corrected chi connectivity index (χ0v) is 13.4. The van der Waals surface area contributed by atoms with Crippen molar-refractivity contribution in [2.45, 2.75) is 19.3 Å². The van der Waals surface area contributed by atoms with Crippen molar-refractivity contribution in [2.24, 2.45) is 13.0 Å². The Bertz CT molecular complexity index is 655. The van der Waals surface area contributed by atoms with Crippen molar-refractivity contribution in [1.29, 1.82) is 0 Å². The van der Waals surface area contributed by atoms with Crippen LogP contribution in [0.2, 0.25) is 5.02 Å². The number of nitrogens with one attached hydrogen (secondary N) is 2. The first-order chi connectivity index (χ1) is 9.89. The van der Waals surface area contributed by atoms with Crippen LogP contribution in [0.15, 0.2) is 11.0 Å². The van der Waals surface area contributed by atoms with Crippen molar-refractivity contribution >= 4 is 27.3 Å². The lowest BCUT2D eigenvalue weighted by Gasteiger charge is -2.25. The molecule has 21 heavy (non-hydrogen) atoms. The van der Waals surface area contributed by atoms with E-state index in [-0.39, 0.29) is 17.3 Å². The second-order valence-corrected chi connectivity index (χ2v) is 7.50. The van der Waals surface area contributed by atoms with Crippen molar-refractivity contribution in [1.82, 2.24) is 14.5 Å². The van der Waals surface area contributed by atoms with E-state index in [9.17, 15) is 13.2 Å². The molecule has 1 aliphatic rings. The molecule has 1 aromatic rings. The van der Waals surface area contributed by atoms with Crippen LogP contribution < -0.4 is 15.6 Å². The minimum Gasteiger partial charge on any atom is -0.381 e. The van der Waals surface area contributed by atoms with Crippen LogP contribution >= 0.6 is 11.6 Å². The highest BCUT2D eigenvalue weighted by atomic mass is 35.5. The zero-order valence-electron chi connectivity index (χ0n) is 11.8. The molecule has 118 valence electrons. The van der Waals surface area contributed by atoms with Crippen molar-refractivity contribution in [3.8, 4) is 0 Å². The molecule has 1 aliphatic carbocycles. The van der Waals surface area contributed by atoms with Crippen LogP contribution in [0.3, 0.4) is 0 Å². The predicted octanol–water partition coefficient (Wildman–Crippen LogP) is 0.565. The van der Waals surface area contributed by atoms with Crippen molar-refractivity contribution in [3.05, 3.63) is 21.6 Å². The number of hydrogen-bond donors (Lipinski definition) is 2. The summed E-state index contributed by atoms with van der Waals surface area (Å²) in [6.07, 6.45) is 4.77. The number of sulfonamides is 1. The summed E-state index contributed by atoms with van der Waals surface area (Å²) in [7, 11) is -1.82. The SMILES string of the molecule is Cn1ncc(NCCS(=O)(=O)NCC2CCC2)c(Cl)c1=O. The first-order valence-corrected chi connectivity index (χ1v) is 8.85. The molecule has 1 fully saturated rings. The molecule has 0 bridgehead atoms. The fourth-order valence-electron chi connectivity index (χ4n) is 1.97. The maximum absolute atomic E-state index is 11.8. The van der Waals surface area contributed by atoms with Gasteiger partial charge in [-0.2, -0.15) is 5.10 Å². The van der Waals surface area contributed by atoms with Crippen LogP contribution in [0.4, 0.5) is 5.69 Å². The third-order valence-corrected chi connectivity index (χ3v) is 5.29. The summed E-state index contributed by atoms with van der Waals surface area (Å²) in [6.45, 7) is 0.672. The van der Waals surface area contributed by atoms with E-state index >= 15 is 0 Å². The van der Waals surface area contributed by atoms with Crippen LogP contribution in [-0.4, -0.2) is 37.0 Å². The van der Waals surface area contributed by atoms with E-state index in [1.165, 1.54) is 19.7 Å². The molecule has 0 aliphatic heterocycles. The molecule has 1 saturated carbocycles. The van der Waals surface area contributed by atoms with Gasteiger partial charge < -0.3 is 5.32 Å². The van der Waals surface area contributed by atoms with Crippen LogP contribution in [0.25, 0.3) is 0 Å². The van der Waals surface area contributed by atoms with Crippen LogP contribution in [0.5, 0.6) is 0 Å². The van der Waals surface area contributed by atoms with Gasteiger partial charge in [0.2, 0.25) is 10.0 Å². The average Bonchev–Trinajstić information content (AvgIpc) is 2.37. The molecule has 2 N–H and O–H groups in total. The minimum absolute atomic E-state index is 0.00678. The number of nitrogens with zero attached hydrogens (tertiary/aromatic N) is 2. The van der Waals surface area contributed by atoms with Crippen LogP contribution in [0, 0.1) is 5.92 Å². The molecule has 0 spiro atoms. The maximum atomic E-state index is 11.8. The Morgan fingerprint density at radius 3 is 2.81 bits per heavy atom. The topological polar surface area (TPSA) is 93.1 Å². The molecule has 0 amide bonds. The van der Waals surface area contributed by atoms with Gasteiger partial charge >= 0.3 is 0 Å². The van der Waals surface area contributed by atoms with E-state index in [0.29, 0.717) is 18.2 Å². The Balaban J connectivity index is 1.83. The third-order valence-electron chi connectivity index (χ3n) is 3.58.